The van der Waals surface area contributed by atoms with Gasteiger partial charge in [-0.2, -0.15) is 5.26 Å². The molecule has 3 heterocycles. The van der Waals surface area contributed by atoms with Gasteiger partial charge in [0.05, 0.1) is 23.7 Å². The molecule has 0 bridgehead atoms. The Labute approximate surface area is 161 Å². The topological polar surface area (TPSA) is 87.9 Å². The molecular weight excluding hydrogens is 358 g/mol. The van der Waals surface area contributed by atoms with Gasteiger partial charge in [-0.3, -0.25) is 9.36 Å². The Morgan fingerprint density at radius 1 is 1.41 bits per heavy atom. The Kier molecular flexibility index (Phi) is 4.68. The summed E-state index contributed by atoms with van der Waals surface area (Å²) in [6, 6.07) is 11.6. The molecule has 138 valence electrons. The zero-order chi connectivity index (χ0) is 19.0. The maximum absolute atomic E-state index is 13.3. The van der Waals surface area contributed by atoms with Crippen molar-refractivity contribution in [2.45, 2.75) is 32.4 Å². The third-order valence-corrected chi connectivity index (χ3v) is 5.90. The van der Waals surface area contributed by atoms with E-state index in [0.717, 1.165) is 35.3 Å². The molecule has 1 aliphatic heterocycles. The molecule has 1 aliphatic rings. The van der Waals surface area contributed by atoms with E-state index in [1.165, 1.54) is 11.3 Å². The summed E-state index contributed by atoms with van der Waals surface area (Å²) < 4.78 is 2.40. The van der Waals surface area contributed by atoms with E-state index in [1.807, 2.05) is 31.2 Å². The molecule has 0 radical (unpaired) electrons. The molecule has 2 N–H and O–H groups in total. The number of nitrogens with zero attached hydrogens (tertiary/aromatic N) is 4. The lowest BCUT2D eigenvalue weighted by Crippen LogP contribution is -2.45. The molecule has 27 heavy (non-hydrogen) atoms. The molecule has 0 aliphatic carbocycles. The van der Waals surface area contributed by atoms with Crippen molar-refractivity contribution >= 4 is 27.5 Å². The number of hydrogen-bond donors (Lipinski definition) is 1. The van der Waals surface area contributed by atoms with Crippen LogP contribution in [-0.4, -0.2) is 28.7 Å². The van der Waals surface area contributed by atoms with E-state index in [0.29, 0.717) is 29.3 Å². The number of fused-ring (bicyclic) bond motifs is 1. The fourth-order valence-corrected chi connectivity index (χ4v) is 4.52. The van der Waals surface area contributed by atoms with E-state index < -0.39 is 0 Å². The van der Waals surface area contributed by atoms with E-state index in [9.17, 15) is 4.79 Å². The van der Waals surface area contributed by atoms with Gasteiger partial charge >= 0.3 is 0 Å². The Morgan fingerprint density at radius 3 is 3.04 bits per heavy atom. The van der Waals surface area contributed by atoms with Gasteiger partial charge in [0.1, 0.15) is 4.70 Å². The minimum Gasteiger partial charge on any atom is -0.341 e. The van der Waals surface area contributed by atoms with E-state index >= 15 is 0 Å². The molecule has 0 amide bonds. The zero-order valence-corrected chi connectivity index (χ0v) is 16.0. The molecule has 1 saturated heterocycles. The number of benzene rings is 1. The molecule has 2 aromatic heterocycles. The van der Waals surface area contributed by atoms with E-state index in [4.69, 9.17) is 16.0 Å². The Bertz CT molecular complexity index is 1090. The van der Waals surface area contributed by atoms with Crippen molar-refractivity contribution in [2.24, 2.45) is 5.73 Å². The van der Waals surface area contributed by atoms with Crippen LogP contribution in [0.1, 0.15) is 28.8 Å². The fourth-order valence-electron chi connectivity index (χ4n) is 3.62. The summed E-state index contributed by atoms with van der Waals surface area (Å²) in [5, 5.41) is 9.16. The van der Waals surface area contributed by atoms with Crippen molar-refractivity contribution in [2.75, 3.05) is 18.0 Å². The van der Waals surface area contributed by atoms with Crippen molar-refractivity contribution in [1.82, 2.24) is 9.55 Å². The van der Waals surface area contributed by atoms with Crippen LogP contribution in [0.25, 0.3) is 10.2 Å². The smallest absolute Gasteiger partial charge is 0.273 e. The molecule has 7 heteroatoms. The summed E-state index contributed by atoms with van der Waals surface area (Å²) in [5.41, 5.74) is 8.38. The lowest BCUT2D eigenvalue weighted by molar-refractivity contribution is 0.492. The average Bonchev–Trinajstić information content (AvgIpc) is 3.05. The Balaban J connectivity index is 1.85. The molecule has 1 fully saturated rings. The van der Waals surface area contributed by atoms with Crippen molar-refractivity contribution in [3.63, 3.8) is 0 Å². The number of piperidine rings is 1. The maximum atomic E-state index is 13.3. The van der Waals surface area contributed by atoms with Gasteiger partial charge in [-0.25, -0.2) is 4.98 Å². The SMILES string of the molecule is Cc1cc2nc(N3CCC[C@@H](N)C3)n(Cc3cccc(C#N)c3)c(=O)c2s1. The van der Waals surface area contributed by atoms with Crippen LogP contribution in [0.5, 0.6) is 0 Å². The van der Waals surface area contributed by atoms with E-state index in [2.05, 4.69) is 11.0 Å². The minimum atomic E-state index is -0.0328. The summed E-state index contributed by atoms with van der Waals surface area (Å²) in [5.74, 6) is 0.669. The van der Waals surface area contributed by atoms with Crippen molar-refractivity contribution in [3.05, 3.63) is 56.7 Å². The number of nitrogens with two attached hydrogens (primary N) is 1. The summed E-state index contributed by atoms with van der Waals surface area (Å²) in [6.45, 7) is 3.91. The first kappa shape index (κ1) is 17.7. The minimum absolute atomic E-state index is 0.0328. The predicted octanol–water partition coefficient (Wildman–Crippen LogP) is 2.61. The summed E-state index contributed by atoms with van der Waals surface area (Å²) in [7, 11) is 0. The number of nitriles is 1. The quantitative estimate of drug-likeness (QED) is 0.756. The van der Waals surface area contributed by atoms with E-state index in [1.54, 1.807) is 10.6 Å². The highest BCUT2D eigenvalue weighted by molar-refractivity contribution is 7.18. The standard InChI is InChI=1S/C20H21N5OS/c1-13-8-17-18(27-13)19(26)25(11-15-5-2-4-14(9-15)10-21)20(23-17)24-7-3-6-16(22)12-24/h2,4-5,8-9,16H,3,6-7,11-12,22H2,1H3/t16-/m1/s1. The first-order valence-corrected chi connectivity index (χ1v) is 9.87. The number of rotatable bonds is 3. The van der Waals surface area contributed by atoms with Crippen molar-refractivity contribution < 1.29 is 0 Å². The highest BCUT2D eigenvalue weighted by Gasteiger charge is 2.23. The number of thiophene rings is 1. The first-order valence-electron chi connectivity index (χ1n) is 9.05. The maximum Gasteiger partial charge on any atom is 0.273 e. The number of hydrogen-bond acceptors (Lipinski definition) is 6. The fraction of sp³-hybridized carbons (Fsp3) is 0.350. The first-order chi connectivity index (χ1) is 13.0. The van der Waals surface area contributed by atoms with Crippen LogP contribution in [0, 0.1) is 18.3 Å². The number of aromatic nitrogens is 2. The molecule has 3 aromatic rings. The molecule has 0 unspecified atom stereocenters. The molecule has 4 rings (SSSR count). The molecule has 1 atom stereocenters. The van der Waals surface area contributed by atoms with Gasteiger partial charge in [0.15, 0.2) is 0 Å². The van der Waals surface area contributed by atoms with Gasteiger partial charge in [0.2, 0.25) is 5.95 Å². The highest BCUT2D eigenvalue weighted by Crippen LogP contribution is 2.25. The highest BCUT2D eigenvalue weighted by atomic mass is 32.1. The van der Waals surface area contributed by atoms with Crippen LogP contribution in [0.2, 0.25) is 0 Å². The van der Waals surface area contributed by atoms with E-state index in [-0.39, 0.29) is 11.6 Å². The van der Waals surface area contributed by atoms with Crippen molar-refractivity contribution in [1.29, 1.82) is 5.26 Å². The Morgan fingerprint density at radius 2 is 2.26 bits per heavy atom. The lowest BCUT2D eigenvalue weighted by atomic mass is 10.1. The Hall–Kier alpha value is -2.69. The largest absolute Gasteiger partial charge is 0.341 e. The van der Waals surface area contributed by atoms with Crippen LogP contribution in [0.15, 0.2) is 35.1 Å². The summed E-state index contributed by atoms with van der Waals surface area (Å²) >= 11 is 1.48. The van der Waals surface area contributed by atoms with Crippen LogP contribution in [0.3, 0.4) is 0 Å². The zero-order valence-electron chi connectivity index (χ0n) is 15.2. The van der Waals surface area contributed by atoms with Crippen molar-refractivity contribution in [3.8, 4) is 6.07 Å². The normalized spacial score (nSPS) is 17.2. The van der Waals surface area contributed by atoms with Gasteiger partial charge < -0.3 is 10.6 Å². The monoisotopic (exact) mass is 379 g/mol. The van der Waals surface area contributed by atoms with Crippen LogP contribution >= 0.6 is 11.3 Å². The van der Waals surface area contributed by atoms with Crippen LogP contribution < -0.4 is 16.2 Å². The molecular formula is C20H21N5OS. The predicted molar refractivity (Wildman–Crippen MR) is 108 cm³/mol. The van der Waals surface area contributed by atoms with Gasteiger partial charge in [-0.15, -0.1) is 11.3 Å². The third-order valence-electron chi connectivity index (χ3n) is 4.87. The van der Waals surface area contributed by atoms with Gasteiger partial charge in [-0.05, 0) is 43.5 Å². The number of anilines is 1. The average molecular weight is 379 g/mol. The molecule has 1 aromatic carbocycles. The van der Waals surface area contributed by atoms with Gasteiger partial charge in [-0.1, -0.05) is 12.1 Å². The molecule has 0 saturated carbocycles. The van der Waals surface area contributed by atoms with Crippen LogP contribution in [0.4, 0.5) is 5.95 Å². The second-order valence-corrected chi connectivity index (χ2v) is 8.29. The lowest BCUT2D eigenvalue weighted by Gasteiger charge is -2.33. The van der Waals surface area contributed by atoms with Gasteiger partial charge in [0, 0.05) is 24.0 Å². The summed E-state index contributed by atoms with van der Waals surface area (Å²) in [4.78, 5) is 21.3. The second-order valence-electron chi connectivity index (χ2n) is 7.04. The molecule has 0 spiro atoms. The van der Waals surface area contributed by atoms with Gasteiger partial charge in [0.25, 0.3) is 5.56 Å². The van der Waals surface area contributed by atoms with Crippen LogP contribution in [-0.2, 0) is 6.54 Å². The second kappa shape index (κ2) is 7.14. The molecule has 6 nitrogen and oxygen atoms in total. The third kappa shape index (κ3) is 3.46. The number of aryl methyl sites for hydroxylation is 1. The summed E-state index contributed by atoms with van der Waals surface area (Å²) in [6.07, 6.45) is 1.98.